The van der Waals surface area contributed by atoms with Crippen molar-refractivity contribution in [2.24, 2.45) is 10.2 Å². The Morgan fingerprint density at radius 2 is 0.967 bits per heavy atom. The smallest absolute Gasteiger partial charge is 0.281 e. The molecule has 0 spiro atoms. The fraction of sp³-hybridized carbons (Fsp3) is 0.182. The van der Waals surface area contributed by atoms with E-state index in [0.717, 1.165) is 0 Å². The van der Waals surface area contributed by atoms with Crippen molar-refractivity contribution in [3.05, 3.63) is 59.7 Å². The van der Waals surface area contributed by atoms with Crippen LogP contribution in [0, 0.1) is 0 Å². The zero-order valence-corrected chi connectivity index (χ0v) is 17.0. The molecule has 0 saturated heterocycles. The maximum atomic E-state index is 13.2. The van der Waals surface area contributed by atoms with E-state index < -0.39 is 0 Å². The summed E-state index contributed by atoms with van der Waals surface area (Å²) in [7, 11) is 3.15. The van der Waals surface area contributed by atoms with Crippen LogP contribution in [-0.2, 0) is 9.59 Å². The summed E-state index contributed by atoms with van der Waals surface area (Å²) in [6.45, 7) is 3.42. The van der Waals surface area contributed by atoms with E-state index in [-0.39, 0.29) is 23.0 Å². The predicted octanol–water partition coefficient (Wildman–Crippen LogP) is 3.15. The highest BCUT2D eigenvalue weighted by Gasteiger charge is 2.39. The summed E-state index contributed by atoms with van der Waals surface area (Å²) < 4.78 is 10.3. The van der Waals surface area contributed by atoms with Crippen molar-refractivity contribution in [2.45, 2.75) is 13.8 Å². The molecular formula is C22H20N4O4. The molecule has 30 heavy (non-hydrogen) atoms. The second-order valence-corrected chi connectivity index (χ2v) is 6.75. The highest BCUT2D eigenvalue weighted by atomic mass is 16.5. The summed E-state index contributed by atoms with van der Waals surface area (Å²) in [6.07, 6.45) is 0. The number of hydrogen-bond acceptors (Lipinski definition) is 6. The van der Waals surface area contributed by atoms with Gasteiger partial charge in [0.15, 0.2) is 0 Å². The number of carbonyl (C=O) groups excluding carboxylic acids is 2. The molecule has 4 rings (SSSR count). The van der Waals surface area contributed by atoms with Crippen LogP contribution in [0.1, 0.15) is 13.8 Å². The number of hydrazone groups is 2. The van der Waals surface area contributed by atoms with E-state index in [1.165, 1.54) is 10.0 Å². The first-order chi connectivity index (χ1) is 14.4. The number of methoxy groups -OCH3 is 2. The number of benzene rings is 2. The van der Waals surface area contributed by atoms with Gasteiger partial charge in [0.25, 0.3) is 11.8 Å². The molecular weight excluding hydrogens is 384 g/mol. The topological polar surface area (TPSA) is 83.8 Å². The van der Waals surface area contributed by atoms with Crippen LogP contribution in [0.25, 0.3) is 0 Å². The fourth-order valence-electron chi connectivity index (χ4n) is 3.38. The molecule has 0 atom stereocenters. The number of nitrogens with zero attached hydrogens (tertiary/aromatic N) is 4. The Morgan fingerprint density at radius 1 is 0.633 bits per heavy atom. The lowest BCUT2D eigenvalue weighted by molar-refractivity contribution is -0.116. The lowest BCUT2D eigenvalue weighted by Crippen LogP contribution is -2.27. The number of carbonyl (C=O) groups is 2. The molecule has 8 heteroatoms. The standard InChI is InChI=1S/C22H20N4O4/c1-13-19(21(27)25(23-13)15-5-9-17(29-3)10-6-15)20-14(2)24-26(22(20)28)16-7-11-18(30-4)12-8-16/h5-12H,1-4H3/b20-19-. The molecule has 2 aromatic carbocycles. The zero-order valence-electron chi connectivity index (χ0n) is 17.0. The van der Waals surface area contributed by atoms with E-state index >= 15 is 0 Å². The van der Waals surface area contributed by atoms with Crippen molar-refractivity contribution in [1.82, 2.24) is 0 Å². The van der Waals surface area contributed by atoms with Crippen LogP contribution in [0.4, 0.5) is 11.4 Å². The molecule has 0 radical (unpaired) electrons. The molecule has 0 aliphatic carbocycles. The van der Waals surface area contributed by atoms with Crippen LogP contribution >= 0.6 is 0 Å². The molecule has 0 aromatic heterocycles. The minimum absolute atomic E-state index is 0.257. The first-order valence-electron chi connectivity index (χ1n) is 9.27. The molecule has 0 fully saturated rings. The van der Waals surface area contributed by atoms with Gasteiger partial charge in [0.05, 0.1) is 48.2 Å². The second-order valence-electron chi connectivity index (χ2n) is 6.75. The monoisotopic (exact) mass is 404 g/mol. The minimum Gasteiger partial charge on any atom is -0.497 e. The second kappa shape index (κ2) is 7.47. The Kier molecular flexibility index (Phi) is 4.83. The number of anilines is 2. The fourth-order valence-corrected chi connectivity index (χ4v) is 3.38. The van der Waals surface area contributed by atoms with Gasteiger partial charge >= 0.3 is 0 Å². The molecule has 0 unspecified atom stereocenters. The minimum atomic E-state index is -0.368. The first kappa shape index (κ1) is 19.4. The van der Waals surface area contributed by atoms with E-state index in [0.29, 0.717) is 34.3 Å². The van der Waals surface area contributed by atoms with Crippen LogP contribution in [0.3, 0.4) is 0 Å². The van der Waals surface area contributed by atoms with Gasteiger partial charge in [-0.15, -0.1) is 0 Å². The van der Waals surface area contributed by atoms with Gasteiger partial charge in [0.2, 0.25) is 0 Å². The number of hydrogen-bond donors (Lipinski definition) is 0. The maximum Gasteiger partial charge on any atom is 0.281 e. The van der Waals surface area contributed by atoms with Gasteiger partial charge < -0.3 is 9.47 Å². The Labute approximate surface area is 173 Å². The van der Waals surface area contributed by atoms with Crippen LogP contribution in [0.2, 0.25) is 0 Å². The van der Waals surface area contributed by atoms with Gasteiger partial charge in [-0.25, -0.2) is 0 Å². The average Bonchev–Trinajstić information content (AvgIpc) is 3.22. The normalized spacial score (nSPS) is 18.7. The predicted molar refractivity (Wildman–Crippen MR) is 114 cm³/mol. The molecule has 0 N–H and O–H groups in total. The van der Waals surface area contributed by atoms with E-state index in [4.69, 9.17) is 9.47 Å². The number of rotatable bonds is 4. The van der Waals surface area contributed by atoms with Crippen LogP contribution in [-0.4, -0.2) is 37.5 Å². The maximum absolute atomic E-state index is 13.2. The summed E-state index contributed by atoms with van der Waals surface area (Å²) in [4.78, 5) is 26.3. The third kappa shape index (κ3) is 3.12. The Morgan fingerprint density at radius 3 is 1.27 bits per heavy atom. The quantitative estimate of drug-likeness (QED) is 0.733. The Bertz CT molecular complexity index is 1030. The highest BCUT2D eigenvalue weighted by molar-refractivity contribution is 6.41. The third-order valence-corrected chi connectivity index (χ3v) is 4.92. The van der Waals surface area contributed by atoms with Crippen molar-refractivity contribution in [2.75, 3.05) is 24.2 Å². The van der Waals surface area contributed by atoms with Gasteiger partial charge in [-0.05, 0) is 62.4 Å². The zero-order chi connectivity index (χ0) is 21.4. The van der Waals surface area contributed by atoms with E-state index in [9.17, 15) is 9.59 Å². The molecule has 8 nitrogen and oxygen atoms in total. The van der Waals surface area contributed by atoms with Gasteiger partial charge in [0.1, 0.15) is 11.5 Å². The highest BCUT2D eigenvalue weighted by Crippen LogP contribution is 2.32. The first-order valence-corrected chi connectivity index (χ1v) is 9.27. The van der Waals surface area contributed by atoms with Gasteiger partial charge in [-0.1, -0.05) is 0 Å². The van der Waals surface area contributed by atoms with E-state index in [1.807, 2.05) is 0 Å². The number of amides is 2. The third-order valence-electron chi connectivity index (χ3n) is 4.92. The molecule has 0 saturated carbocycles. The van der Waals surface area contributed by atoms with Crippen molar-refractivity contribution in [3.8, 4) is 11.5 Å². The summed E-state index contributed by atoms with van der Waals surface area (Å²) in [5.41, 5.74) is 2.61. The molecule has 2 aliphatic heterocycles. The number of ether oxygens (including phenoxy) is 2. The summed E-state index contributed by atoms with van der Waals surface area (Å²) in [6, 6.07) is 13.9. The van der Waals surface area contributed by atoms with E-state index in [2.05, 4.69) is 10.2 Å². The molecule has 2 aromatic rings. The van der Waals surface area contributed by atoms with Gasteiger partial charge in [0, 0.05) is 0 Å². The van der Waals surface area contributed by atoms with Crippen molar-refractivity contribution in [3.63, 3.8) is 0 Å². The summed E-state index contributed by atoms with van der Waals surface area (Å²) in [5, 5.41) is 11.3. The molecule has 152 valence electrons. The Balaban J connectivity index is 1.68. The van der Waals surface area contributed by atoms with Crippen LogP contribution < -0.4 is 19.5 Å². The lowest BCUT2D eigenvalue weighted by Gasteiger charge is -2.14. The van der Waals surface area contributed by atoms with Crippen LogP contribution in [0.5, 0.6) is 11.5 Å². The molecule has 0 bridgehead atoms. The molecule has 2 amide bonds. The molecule has 2 aliphatic rings. The van der Waals surface area contributed by atoms with Crippen LogP contribution in [0.15, 0.2) is 69.9 Å². The Hall–Kier alpha value is -3.94. The van der Waals surface area contributed by atoms with E-state index in [1.54, 1.807) is 76.6 Å². The largest absolute Gasteiger partial charge is 0.497 e. The van der Waals surface area contributed by atoms with Crippen molar-refractivity contribution < 1.29 is 19.1 Å². The van der Waals surface area contributed by atoms with Crippen molar-refractivity contribution in [1.29, 1.82) is 0 Å². The SMILES string of the molecule is COc1ccc(N2N=C(C)/C(=C3/C(=O)N(c4ccc(OC)cc4)N=C3C)C2=O)cc1. The summed E-state index contributed by atoms with van der Waals surface area (Å²) in [5.74, 6) is 0.613. The summed E-state index contributed by atoms with van der Waals surface area (Å²) >= 11 is 0. The van der Waals surface area contributed by atoms with Gasteiger partial charge in [-0.2, -0.15) is 20.2 Å². The lowest BCUT2D eigenvalue weighted by atomic mass is 10.0. The van der Waals surface area contributed by atoms with Gasteiger partial charge in [-0.3, -0.25) is 9.59 Å². The average molecular weight is 404 g/mol. The molecule has 2 heterocycles. The van der Waals surface area contributed by atoms with Crippen molar-refractivity contribution >= 4 is 34.6 Å².